The Bertz CT molecular complexity index is 1040. The van der Waals surface area contributed by atoms with Gasteiger partial charge in [-0.3, -0.25) is 0 Å². The Labute approximate surface area is 167 Å². The van der Waals surface area contributed by atoms with Gasteiger partial charge >= 0.3 is 0 Å². The number of methoxy groups -OCH3 is 1. The highest BCUT2D eigenvalue weighted by atomic mass is 35.5. The first-order chi connectivity index (χ1) is 13.5. The molecule has 0 atom stereocenters. The van der Waals surface area contributed by atoms with Gasteiger partial charge in [0.25, 0.3) is 0 Å². The van der Waals surface area contributed by atoms with Crippen LogP contribution in [0.25, 0.3) is 6.08 Å². The largest absolute Gasteiger partial charge is 0.493 e. The fourth-order valence-electron chi connectivity index (χ4n) is 2.25. The van der Waals surface area contributed by atoms with Gasteiger partial charge in [-0.25, -0.2) is 0 Å². The van der Waals surface area contributed by atoms with E-state index in [2.05, 4.69) is 0 Å². The second-order valence-electron chi connectivity index (χ2n) is 5.51. The molecule has 28 heavy (non-hydrogen) atoms. The third-order valence-corrected chi connectivity index (χ3v) is 3.96. The minimum atomic E-state index is -0.317. The minimum Gasteiger partial charge on any atom is -0.493 e. The van der Waals surface area contributed by atoms with Crippen molar-refractivity contribution in [2.45, 2.75) is 6.61 Å². The molecular formula is C21H15ClN4O2. The van der Waals surface area contributed by atoms with Crippen LogP contribution in [0.4, 0.5) is 0 Å². The molecule has 2 N–H and O–H groups in total. The number of benzene rings is 2. The summed E-state index contributed by atoms with van der Waals surface area (Å²) >= 11 is 5.87. The maximum Gasteiger partial charge on any atom is 0.161 e. The Hall–Kier alpha value is -3.92. The van der Waals surface area contributed by atoms with E-state index < -0.39 is 0 Å². The zero-order chi connectivity index (χ0) is 20.5. The van der Waals surface area contributed by atoms with E-state index in [1.165, 1.54) is 13.2 Å². The molecule has 0 aliphatic rings. The molecule has 7 heteroatoms. The lowest BCUT2D eigenvalue weighted by Crippen LogP contribution is -2.03. The van der Waals surface area contributed by atoms with Crippen LogP contribution in [0, 0.1) is 34.0 Å². The summed E-state index contributed by atoms with van der Waals surface area (Å²) in [5, 5.41) is 27.7. The lowest BCUT2D eigenvalue weighted by atomic mass is 10.1. The fourth-order valence-corrected chi connectivity index (χ4v) is 2.38. The van der Waals surface area contributed by atoms with Crippen molar-refractivity contribution in [3.63, 3.8) is 0 Å². The quantitative estimate of drug-likeness (QED) is 0.586. The first-order valence-corrected chi connectivity index (χ1v) is 8.37. The van der Waals surface area contributed by atoms with Crippen LogP contribution in [0.2, 0.25) is 5.02 Å². The van der Waals surface area contributed by atoms with E-state index in [-0.39, 0.29) is 16.8 Å². The van der Waals surface area contributed by atoms with Crippen LogP contribution >= 0.6 is 11.6 Å². The van der Waals surface area contributed by atoms with Crippen molar-refractivity contribution in [3.8, 4) is 29.7 Å². The monoisotopic (exact) mass is 390 g/mol. The molecule has 0 fully saturated rings. The third kappa shape index (κ3) is 5.05. The summed E-state index contributed by atoms with van der Waals surface area (Å²) in [6.07, 6.45) is 1.47. The van der Waals surface area contributed by atoms with Crippen LogP contribution in [-0.4, -0.2) is 7.11 Å². The Morgan fingerprint density at radius 2 is 1.71 bits per heavy atom. The first kappa shape index (κ1) is 20.4. The van der Waals surface area contributed by atoms with Crippen molar-refractivity contribution in [3.05, 3.63) is 75.5 Å². The summed E-state index contributed by atoms with van der Waals surface area (Å²) in [6.45, 7) is 0.329. The highest BCUT2D eigenvalue weighted by Gasteiger charge is 2.10. The number of allylic oxidation sites excluding steroid dienone is 2. The van der Waals surface area contributed by atoms with E-state index in [0.717, 1.165) is 5.56 Å². The summed E-state index contributed by atoms with van der Waals surface area (Å²) in [4.78, 5) is 0. The van der Waals surface area contributed by atoms with Gasteiger partial charge in [-0.2, -0.15) is 15.8 Å². The molecule has 0 aliphatic carbocycles. The molecule has 2 aromatic carbocycles. The molecular weight excluding hydrogens is 376 g/mol. The van der Waals surface area contributed by atoms with Crippen LogP contribution in [0.3, 0.4) is 0 Å². The SMILES string of the molecule is COc1cc(C=C(C#N)C(N)=C(C#N)C#N)ccc1OCc1ccc(Cl)cc1. The van der Waals surface area contributed by atoms with Crippen molar-refractivity contribution < 1.29 is 9.47 Å². The molecule has 2 aromatic rings. The van der Waals surface area contributed by atoms with Crippen LogP contribution in [0.15, 0.2) is 59.3 Å². The van der Waals surface area contributed by atoms with Gasteiger partial charge in [0.2, 0.25) is 0 Å². The van der Waals surface area contributed by atoms with Crippen molar-refractivity contribution >= 4 is 17.7 Å². The number of nitriles is 3. The van der Waals surface area contributed by atoms with Crippen LogP contribution in [0.5, 0.6) is 11.5 Å². The molecule has 0 saturated heterocycles. The molecule has 0 bridgehead atoms. The second kappa shape index (κ2) is 9.69. The van der Waals surface area contributed by atoms with Crippen LogP contribution in [0.1, 0.15) is 11.1 Å². The fraction of sp³-hybridized carbons (Fsp3) is 0.0952. The average Bonchev–Trinajstić information content (AvgIpc) is 2.72. The van der Waals surface area contributed by atoms with Crippen molar-refractivity contribution in [1.82, 2.24) is 0 Å². The number of hydrogen-bond acceptors (Lipinski definition) is 6. The van der Waals surface area contributed by atoms with Gasteiger partial charge in [-0.05, 0) is 41.5 Å². The van der Waals surface area contributed by atoms with Gasteiger partial charge in [0.15, 0.2) is 17.1 Å². The molecule has 0 aromatic heterocycles. The number of nitrogens with zero attached hydrogens (tertiary/aromatic N) is 3. The van der Waals surface area contributed by atoms with E-state index in [0.29, 0.717) is 28.7 Å². The zero-order valence-corrected chi connectivity index (χ0v) is 15.7. The van der Waals surface area contributed by atoms with Crippen molar-refractivity contribution in [1.29, 1.82) is 15.8 Å². The smallest absolute Gasteiger partial charge is 0.161 e. The van der Waals surface area contributed by atoms with Crippen molar-refractivity contribution in [2.24, 2.45) is 5.73 Å². The average molecular weight is 391 g/mol. The number of ether oxygens (including phenoxy) is 2. The van der Waals surface area contributed by atoms with Gasteiger partial charge in [-0.15, -0.1) is 0 Å². The van der Waals surface area contributed by atoms with Crippen LogP contribution < -0.4 is 15.2 Å². The molecule has 0 spiro atoms. The molecule has 2 rings (SSSR count). The highest BCUT2D eigenvalue weighted by Crippen LogP contribution is 2.30. The molecule has 0 saturated carbocycles. The molecule has 0 unspecified atom stereocenters. The maximum absolute atomic E-state index is 9.29. The Morgan fingerprint density at radius 1 is 1.04 bits per heavy atom. The van der Waals surface area contributed by atoms with E-state index in [1.54, 1.807) is 42.5 Å². The maximum atomic E-state index is 9.29. The normalized spacial score (nSPS) is 10.2. The summed E-state index contributed by atoms with van der Waals surface area (Å²) in [5.74, 6) is 0.981. The number of halogens is 1. The number of rotatable bonds is 6. The summed E-state index contributed by atoms with van der Waals surface area (Å²) in [6, 6.07) is 17.6. The predicted molar refractivity (Wildman–Crippen MR) is 105 cm³/mol. The topological polar surface area (TPSA) is 116 Å². The van der Waals surface area contributed by atoms with Gasteiger partial charge in [-0.1, -0.05) is 29.8 Å². The standard InChI is InChI=1S/C21H15ClN4O2/c1-27-20-9-15(8-16(10-23)21(26)17(11-24)12-25)4-7-19(20)28-13-14-2-5-18(22)6-3-14/h2-9H,13,26H2,1H3. The third-order valence-electron chi connectivity index (χ3n) is 3.71. The summed E-state index contributed by atoms with van der Waals surface area (Å²) in [5.41, 5.74) is 6.81. The first-order valence-electron chi connectivity index (χ1n) is 7.99. The van der Waals surface area contributed by atoms with E-state index >= 15 is 0 Å². The molecule has 0 aliphatic heterocycles. The summed E-state index contributed by atoms with van der Waals surface area (Å²) in [7, 11) is 1.50. The lowest BCUT2D eigenvalue weighted by molar-refractivity contribution is 0.284. The van der Waals surface area contributed by atoms with Crippen LogP contribution in [-0.2, 0) is 6.61 Å². The predicted octanol–water partition coefficient (Wildman–Crippen LogP) is 4.09. The van der Waals surface area contributed by atoms with Gasteiger partial charge in [0.1, 0.15) is 24.8 Å². The van der Waals surface area contributed by atoms with E-state index in [4.69, 9.17) is 37.3 Å². The molecule has 6 nitrogen and oxygen atoms in total. The zero-order valence-electron chi connectivity index (χ0n) is 14.9. The second-order valence-corrected chi connectivity index (χ2v) is 5.94. The van der Waals surface area contributed by atoms with E-state index in [1.807, 2.05) is 18.2 Å². The molecule has 0 amide bonds. The Morgan fingerprint density at radius 3 is 2.29 bits per heavy atom. The minimum absolute atomic E-state index is 0.00925. The Balaban J connectivity index is 2.28. The van der Waals surface area contributed by atoms with Gasteiger partial charge in [0.05, 0.1) is 18.4 Å². The highest BCUT2D eigenvalue weighted by molar-refractivity contribution is 6.30. The lowest BCUT2D eigenvalue weighted by Gasteiger charge is -2.12. The number of nitrogens with two attached hydrogens (primary N) is 1. The number of hydrogen-bond donors (Lipinski definition) is 1. The molecule has 138 valence electrons. The van der Waals surface area contributed by atoms with Gasteiger partial charge in [0, 0.05) is 5.02 Å². The molecule has 0 heterocycles. The van der Waals surface area contributed by atoms with Crippen molar-refractivity contribution in [2.75, 3.05) is 7.11 Å². The van der Waals surface area contributed by atoms with E-state index in [9.17, 15) is 5.26 Å². The van der Waals surface area contributed by atoms with Gasteiger partial charge < -0.3 is 15.2 Å². The molecule has 0 radical (unpaired) electrons. The summed E-state index contributed by atoms with van der Waals surface area (Å²) < 4.78 is 11.1. The Kier molecular flexibility index (Phi) is 7.06.